The Hall–Kier alpha value is -2.36. The van der Waals surface area contributed by atoms with Crippen LogP contribution in [0.4, 0.5) is 0 Å². The van der Waals surface area contributed by atoms with Crippen molar-refractivity contribution < 1.29 is 0 Å². The minimum absolute atomic E-state index is 0.0489. The third-order valence-electron chi connectivity index (χ3n) is 3.77. The van der Waals surface area contributed by atoms with Gasteiger partial charge >= 0.3 is 0 Å². The zero-order valence-corrected chi connectivity index (χ0v) is 10.4. The zero-order chi connectivity index (χ0) is 12.8. The molecule has 0 fully saturated rings. The Morgan fingerprint density at radius 2 is 2.00 bits per heavy atom. The van der Waals surface area contributed by atoms with Gasteiger partial charge in [0, 0.05) is 11.9 Å². The van der Waals surface area contributed by atoms with Crippen LogP contribution in [0.5, 0.6) is 0 Å². The highest BCUT2D eigenvalue weighted by atomic mass is 16.1. The number of para-hydroxylation sites is 1. The normalized spacial score (nSPS) is 13.9. The number of hydrogen-bond donors (Lipinski definition) is 1. The molecule has 0 saturated carbocycles. The van der Waals surface area contributed by atoms with Gasteiger partial charge in [0.15, 0.2) is 0 Å². The van der Waals surface area contributed by atoms with Crippen molar-refractivity contribution >= 4 is 0 Å². The Bertz CT molecular complexity index is 770. The van der Waals surface area contributed by atoms with Crippen molar-refractivity contribution in [3.8, 4) is 16.9 Å². The molecule has 4 nitrogen and oxygen atoms in total. The SMILES string of the molecule is O=c1c2c[nH]c3c(c-2nn1-c1ccccc1)CCC3. The number of benzene rings is 1. The fourth-order valence-electron chi connectivity index (χ4n) is 2.84. The highest BCUT2D eigenvalue weighted by molar-refractivity contribution is 5.65. The van der Waals surface area contributed by atoms with E-state index in [4.69, 9.17) is 0 Å². The Balaban J connectivity index is 2.02. The van der Waals surface area contributed by atoms with Gasteiger partial charge < -0.3 is 4.98 Å². The zero-order valence-electron chi connectivity index (χ0n) is 10.4. The second-order valence-corrected chi connectivity index (χ2v) is 4.91. The van der Waals surface area contributed by atoms with E-state index in [9.17, 15) is 4.79 Å². The maximum absolute atomic E-state index is 12.4. The third-order valence-corrected chi connectivity index (χ3v) is 3.77. The highest BCUT2D eigenvalue weighted by Gasteiger charge is 2.24. The van der Waals surface area contributed by atoms with Crippen LogP contribution in [0.15, 0.2) is 41.3 Å². The molecule has 19 heavy (non-hydrogen) atoms. The van der Waals surface area contributed by atoms with Gasteiger partial charge in [0.05, 0.1) is 11.3 Å². The first-order valence-electron chi connectivity index (χ1n) is 6.52. The smallest absolute Gasteiger partial charge is 0.282 e. The molecule has 1 aliphatic carbocycles. The Morgan fingerprint density at radius 3 is 2.84 bits per heavy atom. The Labute approximate surface area is 110 Å². The first-order valence-corrected chi connectivity index (χ1v) is 6.52. The number of aromatic amines is 1. The predicted molar refractivity (Wildman–Crippen MR) is 72.8 cm³/mol. The fourth-order valence-corrected chi connectivity index (χ4v) is 2.84. The van der Waals surface area contributed by atoms with Crippen LogP contribution < -0.4 is 5.56 Å². The summed E-state index contributed by atoms with van der Waals surface area (Å²) in [5.41, 5.74) is 4.75. The van der Waals surface area contributed by atoms with E-state index < -0.39 is 0 Å². The largest absolute Gasteiger partial charge is 0.364 e. The van der Waals surface area contributed by atoms with Gasteiger partial charge in [-0.25, -0.2) is 0 Å². The quantitative estimate of drug-likeness (QED) is 0.720. The maximum atomic E-state index is 12.4. The first kappa shape index (κ1) is 10.6. The van der Waals surface area contributed by atoms with E-state index in [1.54, 1.807) is 6.20 Å². The molecule has 0 amide bonds. The summed E-state index contributed by atoms with van der Waals surface area (Å²) in [6.07, 6.45) is 5.00. The molecule has 2 aliphatic heterocycles. The van der Waals surface area contributed by atoms with Crippen molar-refractivity contribution in [2.75, 3.05) is 0 Å². The molecule has 3 aliphatic rings. The maximum Gasteiger partial charge on any atom is 0.282 e. The van der Waals surface area contributed by atoms with Crippen LogP contribution in [0.2, 0.25) is 0 Å². The molecule has 0 aromatic heterocycles. The molecule has 1 aromatic carbocycles. The molecular formula is C15H13N3O. The molecule has 1 aromatic rings. The number of pyridine rings is 1. The molecule has 4 heteroatoms. The highest BCUT2D eigenvalue weighted by Crippen LogP contribution is 2.29. The van der Waals surface area contributed by atoms with Crippen molar-refractivity contribution in [2.24, 2.45) is 0 Å². The van der Waals surface area contributed by atoms with E-state index >= 15 is 0 Å². The number of fused-ring (bicyclic) bond motifs is 3. The first-order chi connectivity index (χ1) is 9.34. The van der Waals surface area contributed by atoms with Gasteiger partial charge in [-0.05, 0) is 37.0 Å². The summed E-state index contributed by atoms with van der Waals surface area (Å²) in [4.78, 5) is 15.7. The summed E-state index contributed by atoms with van der Waals surface area (Å²) in [7, 11) is 0. The predicted octanol–water partition coefficient (Wildman–Crippen LogP) is 2.15. The molecule has 0 radical (unpaired) electrons. The van der Waals surface area contributed by atoms with Crippen LogP contribution in [0.1, 0.15) is 17.7 Å². The molecule has 2 heterocycles. The number of nitrogens with zero attached hydrogens (tertiary/aromatic N) is 2. The third kappa shape index (κ3) is 1.46. The van der Waals surface area contributed by atoms with E-state index in [0.717, 1.165) is 30.6 Å². The number of H-pyrrole nitrogens is 1. The Morgan fingerprint density at radius 1 is 1.16 bits per heavy atom. The summed E-state index contributed by atoms with van der Waals surface area (Å²) in [5.74, 6) is 0. The molecule has 0 saturated heterocycles. The molecule has 1 N–H and O–H groups in total. The lowest BCUT2D eigenvalue weighted by atomic mass is 10.1. The van der Waals surface area contributed by atoms with E-state index in [-0.39, 0.29) is 5.56 Å². The van der Waals surface area contributed by atoms with Gasteiger partial charge in [0.1, 0.15) is 5.69 Å². The van der Waals surface area contributed by atoms with Crippen LogP contribution in [0.25, 0.3) is 16.9 Å². The van der Waals surface area contributed by atoms with Crippen molar-refractivity contribution in [3.05, 3.63) is 58.1 Å². The average Bonchev–Trinajstić information content (AvgIpc) is 3.04. The van der Waals surface area contributed by atoms with Crippen molar-refractivity contribution in [1.82, 2.24) is 14.8 Å². The fraction of sp³-hybridized carbons (Fsp3) is 0.200. The number of aromatic nitrogens is 3. The lowest BCUT2D eigenvalue weighted by Crippen LogP contribution is -2.14. The summed E-state index contributed by atoms with van der Waals surface area (Å²) in [5, 5.41) is 4.54. The van der Waals surface area contributed by atoms with Gasteiger partial charge in [-0.3, -0.25) is 4.79 Å². The Kier molecular flexibility index (Phi) is 2.12. The van der Waals surface area contributed by atoms with Crippen LogP contribution in [-0.2, 0) is 12.8 Å². The lowest BCUT2D eigenvalue weighted by Gasteiger charge is -2.02. The molecule has 94 valence electrons. The summed E-state index contributed by atoms with van der Waals surface area (Å²) in [6.45, 7) is 0. The summed E-state index contributed by atoms with van der Waals surface area (Å²) < 4.78 is 1.50. The summed E-state index contributed by atoms with van der Waals surface area (Å²) in [6, 6.07) is 9.56. The molecule has 0 atom stereocenters. The molecule has 0 unspecified atom stereocenters. The number of aryl methyl sites for hydroxylation is 1. The van der Waals surface area contributed by atoms with Crippen molar-refractivity contribution in [2.45, 2.75) is 19.3 Å². The van der Waals surface area contributed by atoms with E-state index in [0.29, 0.717) is 5.56 Å². The van der Waals surface area contributed by atoms with Gasteiger partial charge in [0.25, 0.3) is 5.56 Å². The van der Waals surface area contributed by atoms with Crippen molar-refractivity contribution in [3.63, 3.8) is 0 Å². The van der Waals surface area contributed by atoms with Gasteiger partial charge in [-0.2, -0.15) is 9.78 Å². The van der Waals surface area contributed by atoms with Crippen LogP contribution >= 0.6 is 0 Å². The lowest BCUT2D eigenvalue weighted by molar-refractivity contribution is 0.851. The average molecular weight is 251 g/mol. The number of hydrogen-bond acceptors (Lipinski definition) is 2. The molecular weight excluding hydrogens is 238 g/mol. The minimum atomic E-state index is -0.0489. The van der Waals surface area contributed by atoms with Crippen LogP contribution in [0, 0.1) is 0 Å². The monoisotopic (exact) mass is 251 g/mol. The minimum Gasteiger partial charge on any atom is -0.364 e. The topological polar surface area (TPSA) is 50.7 Å². The van der Waals surface area contributed by atoms with E-state index in [1.165, 1.54) is 15.9 Å². The van der Waals surface area contributed by atoms with Gasteiger partial charge in [0.2, 0.25) is 0 Å². The second-order valence-electron chi connectivity index (χ2n) is 4.91. The van der Waals surface area contributed by atoms with Crippen LogP contribution in [-0.4, -0.2) is 14.8 Å². The summed E-state index contributed by atoms with van der Waals surface area (Å²) >= 11 is 0. The molecule has 0 spiro atoms. The molecule has 4 rings (SSSR count). The second kappa shape index (κ2) is 3.82. The standard InChI is InChI=1S/C15H13N3O/c19-15-12-9-16-13-8-4-7-11(13)14(12)17-18(15)10-5-2-1-3-6-10/h1-3,5-6,9,16H,4,7-8H2. The van der Waals surface area contributed by atoms with E-state index in [2.05, 4.69) is 10.1 Å². The van der Waals surface area contributed by atoms with Gasteiger partial charge in [-0.1, -0.05) is 18.2 Å². The van der Waals surface area contributed by atoms with Crippen molar-refractivity contribution in [1.29, 1.82) is 0 Å². The number of nitrogens with one attached hydrogen (secondary N) is 1. The number of rotatable bonds is 1. The molecule has 0 bridgehead atoms. The van der Waals surface area contributed by atoms with E-state index in [1.807, 2.05) is 30.3 Å². The van der Waals surface area contributed by atoms with Gasteiger partial charge in [-0.15, -0.1) is 0 Å². The van der Waals surface area contributed by atoms with Crippen LogP contribution in [0.3, 0.4) is 0 Å².